The minimum Gasteiger partial charge on any atom is -0.434 e. The van der Waals surface area contributed by atoms with E-state index in [2.05, 4.69) is 20.3 Å². The number of aliphatic hydroxyl groups is 1. The lowest BCUT2D eigenvalue weighted by Crippen LogP contribution is -2.28. The fraction of sp³-hybridized carbons (Fsp3) is 0.308. The average Bonchev–Trinajstić information content (AvgIpc) is 3.35. The Hall–Kier alpha value is -3.99. The first kappa shape index (κ1) is 23.4. The maximum Gasteiger partial charge on any atom is 0.387 e. The molecule has 0 radical (unpaired) electrons. The van der Waals surface area contributed by atoms with E-state index in [-0.39, 0.29) is 29.4 Å². The van der Waals surface area contributed by atoms with E-state index in [0.717, 1.165) is 0 Å². The van der Waals surface area contributed by atoms with Crippen LogP contribution in [-0.2, 0) is 0 Å². The van der Waals surface area contributed by atoms with Crippen LogP contribution in [0.2, 0.25) is 0 Å². The number of hydrogen-bond donors (Lipinski definition) is 2. The van der Waals surface area contributed by atoms with Crippen molar-refractivity contribution in [1.29, 1.82) is 0 Å². The molecule has 2 aromatic heterocycles. The van der Waals surface area contributed by atoms with Gasteiger partial charge in [0.15, 0.2) is 0 Å². The first-order valence-corrected chi connectivity index (χ1v) is 11.9. The van der Waals surface area contributed by atoms with Crippen molar-refractivity contribution < 1.29 is 27.8 Å². The van der Waals surface area contributed by atoms with E-state index >= 15 is 4.39 Å². The highest BCUT2D eigenvalue weighted by atomic mass is 19.3. The Labute approximate surface area is 209 Å². The third-order valence-corrected chi connectivity index (χ3v) is 7.04. The number of nitrogens with zero attached hydrogens (tertiary/aromatic N) is 4. The lowest BCUT2D eigenvalue weighted by Gasteiger charge is -2.21. The molecular weight excluding hydrogens is 487 g/mol. The normalized spacial score (nSPS) is 18.9. The summed E-state index contributed by atoms with van der Waals surface area (Å²) in [5.41, 5.74) is 2.29. The van der Waals surface area contributed by atoms with Gasteiger partial charge < -0.3 is 19.7 Å². The van der Waals surface area contributed by atoms with E-state index in [1.165, 1.54) is 30.6 Å². The molecule has 2 N–H and O–H groups in total. The molecule has 0 saturated carbocycles. The number of hydrogen-bond acceptors (Lipinski definition) is 6. The molecule has 2 aliphatic rings. The summed E-state index contributed by atoms with van der Waals surface area (Å²) in [5, 5.41) is 12.1. The van der Waals surface area contributed by atoms with E-state index in [9.17, 15) is 13.6 Å². The number of imidazole rings is 1. The van der Waals surface area contributed by atoms with Crippen LogP contribution in [0, 0.1) is 5.82 Å². The SMILES string of the molecule is C[C@@H](CCO)c1ncc(-c2cc3c(cc2F)nc2n3[C@@H]3C[C@H]2NC(=O)c2cccc(OC(F)F)c23)cn1. The molecule has 0 aliphatic carbocycles. The number of halogens is 3. The number of rotatable bonds is 6. The summed E-state index contributed by atoms with van der Waals surface area (Å²) in [7, 11) is 0. The van der Waals surface area contributed by atoms with Gasteiger partial charge in [-0.05, 0) is 31.0 Å². The largest absolute Gasteiger partial charge is 0.434 e. The second-order valence-corrected chi connectivity index (χ2v) is 9.28. The zero-order valence-electron chi connectivity index (χ0n) is 19.7. The van der Waals surface area contributed by atoms with E-state index in [4.69, 9.17) is 9.84 Å². The molecule has 190 valence electrons. The first-order valence-electron chi connectivity index (χ1n) is 11.9. The van der Waals surface area contributed by atoms with Crippen LogP contribution in [0.4, 0.5) is 13.2 Å². The third-order valence-electron chi connectivity index (χ3n) is 7.04. The molecule has 4 heterocycles. The van der Waals surface area contributed by atoms with Gasteiger partial charge in [0.1, 0.15) is 23.2 Å². The summed E-state index contributed by atoms with van der Waals surface area (Å²) in [5.74, 6) is 0.0255. The molecule has 8 nitrogen and oxygen atoms in total. The van der Waals surface area contributed by atoms with Gasteiger partial charge in [-0.2, -0.15) is 8.78 Å². The quantitative estimate of drug-likeness (QED) is 0.397. The van der Waals surface area contributed by atoms with Crippen LogP contribution in [-0.4, -0.2) is 43.8 Å². The monoisotopic (exact) mass is 509 g/mol. The molecule has 2 bridgehead atoms. The predicted octanol–water partition coefficient (Wildman–Crippen LogP) is 4.50. The van der Waals surface area contributed by atoms with Crippen LogP contribution in [0.5, 0.6) is 5.75 Å². The van der Waals surface area contributed by atoms with Gasteiger partial charge in [0.25, 0.3) is 5.91 Å². The van der Waals surface area contributed by atoms with Gasteiger partial charge >= 0.3 is 6.61 Å². The van der Waals surface area contributed by atoms with Crippen LogP contribution in [0.15, 0.2) is 42.7 Å². The van der Waals surface area contributed by atoms with Crippen molar-refractivity contribution in [3.63, 3.8) is 0 Å². The van der Waals surface area contributed by atoms with Gasteiger partial charge in [-0.3, -0.25) is 4.79 Å². The summed E-state index contributed by atoms with van der Waals surface area (Å²) in [6, 6.07) is 6.45. The molecule has 6 rings (SSSR count). The Morgan fingerprint density at radius 1 is 1.22 bits per heavy atom. The first-order chi connectivity index (χ1) is 17.9. The van der Waals surface area contributed by atoms with Crippen LogP contribution >= 0.6 is 0 Å². The Kier molecular flexibility index (Phi) is 5.59. The van der Waals surface area contributed by atoms with Gasteiger partial charge in [0.05, 0.1) is 23.1 Å². The van der Waals surface area contributed by atoms with E-state index in [1.807, 2.05) is 11.5 Å². The molecule has 0 unspecified atom stereocenters. The number of aromatic nitrogens is 4. The molecule has 2 aromatic carbocycles. The molecular formula is C26H22F3N5O3. The average molecular weight is 509 g/mol. The molecule has 0 fully saturated rings. The lowest BCUT2D eigenvalue weighted by atomic mass is 9.97. The van der Waals surface area contributed by atoms with Crippen molar-refractivity contribution in [2.75, 3.05) is 6.61 Å². The van der Waals surface area contributed by atoms with Crippen molar-refractivity contribution >= 4 is 16.9 Å². The van der Waals surface area contributed by atoms with Gasteiger partial charge in [0.2, 0.25) is 0 Å². The number of carbonyl (C=O) groups excluding carboxylic acids is 1. The Bertz CT molecular complexity index is 1520. The minimum atomic E-state index is -3.06. The van der Waals surface area contributed by atoms with Crippen LogP contribution < -0.4 is 10.1 Å². The maximum absolute atomic E-state index is 15.2. The number of benzene rings is 2. The second kappa shape index (κ2) is 8.84. The number of alkyl halides is 2. The third kappa shape index (κ3) is 3.81. The van der Waals surface area contributed by atoms with Crippen molar-refractivity contribution in [1.82, 2.24) is 24.8 Å². The summed E-state index contributed by atoms with van der Waals surface area (Å²) < 4.78 is 48.3. The van der Waals surface area contributed by atoms with E-state index in [1.54, 1.807) is 12.1 Å². The van der Waals surface area contributed by atoms with Crippen LogP contribution in [0.25, 0.3) is 22.2 Å². The molecule has 37 heavy (non-hydrogen) atoms. The number of aliphatic hydroxyl groups excluding tert-OH is 1. The fourth-order valence-electron chi connectivity index (χ4n) is 5.31. The minimum absolute atomic E-state index is 0.0136. The van der Waals surface area contributed by atoms with Gasteiger partial charge in [-0.1, -0.05) is 13.0 Å². The number of fused-ring (bicyclic) bond motifs is 9. The molecule has 2 aliphatic heterocycles. The van der Waals surface area contributed by atoms with Crippen LogP contribution in [0.3, 0.4) is 0 Å². The highest BCUT2D eigenvalue weighted by Crippen LogP contribution is 2.47. The Balaban J connectivity index is 1.49. The van der Waals surface area contributed by atoms with Gasteiger partial charge in [0, 0.05) is 53.2 Å². The highest BCUT2D eigenvalue weighted by Gasteiger charge is 2.42. The Morgan fingerprint density at radius 3 is 2.73 bits per heavy atom. The fourth-order valence-corrected chi connectivity index (χ4v) is 5.31. The van der Waals surface area contributed by atoms with Gasteiger partial charge in [-0.15, -0.1) is 0 Å². The summed E-state index contributed by atoms with van der Waals surface area (Å²) in [6.45, 7) is -1.14. The molecule has 0 spiro atoms. The molecule has 11 heteroatoms. The number of carbonyl (C=O) groups is 1. The topological polar surface area (TPSA) is 102 Å². The zero-order chi connectivity index (χ0) is 25.8. The summed E-state index contributed by atoms with van der Waals surface area (Å²) >= 11 is 0. The Morgan fingerprint density at radius 2 is 2.00 bits per heavy atom. The van der Waals surface area contributed by atoms with Crippen molar-refractivity contribution in [2.24, 2.45) is 0 Å². The highest BCUT2D eigenvalue weighted by molar-refractivity contribution is 5.98. The number of ether oxygens (including phenoxy) is 1. The van der Waals surface area contributed by atoms with Gasteiger partial charge in [-0.25, -0.2) is 19.3 Å². The summed E-state index contributed by atoms with van der Waals surface area (Å²) in [6.07, 6.45) is 3.98. The predicted molar refractivity (Wildman–Crippen MR) is 127 cm³/mol. The number of amides is 1. The van der Waals surface area contributed by atoms with Crippen LogP contribution in [0.1, 0.15) is 65.3 Å². The lowest BCUT2D eigenvalue weighted by molar-refractivity contribution is -0.0507. The molecule has 3 atom stereocenters. The summed E-state index contributed by atoms with van der Waals surface area (Å²) in [4.78, 5) is 26.2. The maximum atomic E-state index is 15.2. The van der Waals surface area contributed by atoms with E-state index < -0.39 is 30.4 Å². The smallest absolute Gasteiger partial charge is 0.387 e. The van der Waals surface area contributed by atoms with Crippen molar-refractivity contribution in [3.8, 4) is 16.9 Å². The zero-order valence-corrected chi connectivity index (χ0v) is 19.7. The second-order valence-electron chi connectivity index (χ2n) is 9.28. The molecule has 1 amide bonds. The number of nitrogens with one attached hydrogen (secondary N) is 1. The molecule has 4 aromatic rings. The molecule has 0 saturated heterocycles. The standard InChI is InChI=1S/C26H22F3N5O3/c1-12(5-6-35)23-30-10-13(11-31-23)15-7-19-17(8-16(15)27)32-24-18-9-20(34(19)24)22-14(25(36)33-18)3-2-4-21(22)37-26(28)29/h2-4,7-8,10-12,18,20,26,35H,5-6,9H2,1H3,(H,33,36)/t12-,18+,20+/m0/s1. The van der Waals surface area contributed by atoms with Crippen molar-refractivity contribution in [3.05, 3.63) is 71.3 Å². The van der Waals surface area contributed by atoms with Crippen molar-refractivity contribution in [2.45, 2.75) is 44.4 Å². The van der Waals surface area contributed by atoms with E-state index in [0.29, 0.717) is 46.7 Å².